The minimum absolute atomic E-state index is 0.262. The molecule has 0 aliphatic heterocycles. The number of sulfonamides is 1. The van der Waals surface area contributed by atoms with Crippen LogP contribution in [0, 0.1) is 5.92 Å². The van der Waals surface area contributed by atoms with E-state index in [9.17, 15) is 8.42 Å². The Morgan fingerprint density at radius 1 is 0.885 bits per heavy atom. The van der Waals surface area contributed by atoms with Gasteiger partial charge < -0.3 is 0 Å². The Labute approximate surface area is 157 Å². The maximum atomic E-state index is 12.5. The molecule has 1 aromatic heterocycles. The highest BCUT2D eigenvalue weighted by Gasteiger charge is 2.43. The number of hydrogen-bond donors (Lipinski definition) is 1. The van der Waals surface area contributed by atoms with Crippen LogP contribution in [0.5, 0.6) is 0 Å². The summed E-state index contributed by atoms with van der Waals surface area (Å²) in [6.07, 6.45) is 0.992. The van der Waals surface area contributed by atoms with E-state index < -0.39 is 10.0 Å². The lowest BCUT2D eigenvalue weighted by Crippen LogP contribution is -2.39. The Morgan fingerprint density at radius 2 is 1.50 bits per heavy atom. The minimum Gasteiger partial charge on any atom is -0.210 e. The highest BCUT2D eigenvalue weighted by atomic mass is 32.2. The van der Waals surface area contributed by atoms with Crippen molar-refractivity contribution < 1.29 is 8.42 Å². The highest BCUT2D eigenvalue weighted by Crippen LogP contribution is 2.55. The third kappa shape index (κ3) is 2.46. The molecule has 0 unspecified atom stereocenters. The second-order valence-corrected chi connectivity index (χ2v) is 10.0. The van der Waals surface area contributed by atoms with Crippen LogP contribution >= 0.6 is 11.3 Å². The predicted molar refractivity (Wildman–Crippen MR) is 104 cm³/mol. The molecule has 0 fully saturated rings. The Bertz CT molecular complexity index is 1010. The van der Waals surface area contributed by atoms with Gasteiger partial charge in [-0.25, -0.2) is 13.1 Å². The number of hydrogen-bond acceptors (Lipinski definition) is 3. The molecule has 0 amide bonds. The van der Waals surface area contributed by atoms with Gasteiger partial charge in [0, 0.05) is 18.4 Å². The first-order valence-corrected chi connectivity index (χ1v) is 11.2. The highest BCUT2D eigenvalue weighted by molar-refractivity contribution is 7.91. The fraction of sp³-hybridized carbons (Fsp3) is 0.238. The molecule has 26 heavy (non-hydrogen) atoms. The molecule has 0 spiro atoms. The van der Waals surface area contributed by atoms with Crippen LogP contribution in [0.3, 0.4) is 0 Å². The van der Waals surface area contributed by atoms with E-state index in [1.807, 2.05) is 0 Å². The average Bonchev–Trinajstić information content (AvgIpc) is 3.22. The molecule has 0 radical (unpaired) electrons. The van der Waals surface area contributed by atoms with Gasteiger partial charge in [0.05, 0.1) is 0 Å². The van der Waals surface area contributed by atoms with Crippen LogP contribution in [0.15, 0.2) is 70.3 Å². The van der Waals surface area contributed by atoms with Crippen LogP contribution in [0.25, 0.3) is 0 Å². The van der Waals surface area contributed by atoms with E-state index in [4.69, 9.17) is 0 Å². The standard InChI is InChI=1S/C21H19NO2S2/c23-26(24,20-10-5-11-25-20)22-13-14-12-19-15-6-1-3-8-17(15)21(14)18-9-4-2-7-16(18)19/h1-11,14,19,21-22H,12-13H2/t14-,19?,21?/m0/s1. The lowest BCUT2D eigenvalue weighted by molar-refractivity contribution is 0.355. The molecule has 3 aromatic rings. The van der Waals surface area contributed by atoms with E-state index in [1.165, 1.54) is 33.6 Å². The SMILES string of the molecule is O=S(=O)(NC[C@@H]1CC2c3ccccc3C1c1ccccc12)c1cccs1. The summed E-state index contributed by atoms with van der Waals surface area (Å²) in [7, 11) is -3.42. The van der Waals surface area contributed by atoms with Gasteiger partial charge in [-0.15, -0.1) is 11.3 Å². The quantitative estimate of drug-likeness (QED) is 0.731. The fourth-order valence-corrected chi connectivity index (χ4v) is 6.80. The maximum Gasteiger partial charge on any atom is 0.250 e. The van der Waals surface area contributed by atoms with E-state index in [0.717, 1.165) is 6.42 Å². The van der Waals surface area contributed by atoms with Gasteiger partial charge >= 0.3 is 0 Å². The van der Waals surface area contributed by atoms with Crippen molar-refractivity contribution >= 4 is 21.4 Å². The third-order valence-corrected chi connectivity index (χ3v) is 8.54. The summed E-state index contributed by atoms with van der Waals surface area (Å²) in [6, 6.07) is 20.7. The molecular weight excluding hydrogens is 362 g/mol. The van der Waals surface area contributed by atoms with Gasteiger partial charge in [0.1, 0.15) is 4.21 Å². The molecule has 3 aliphatic rings. The van der Waals surface area contributed by atoms with Crippen LogP contribution in [0.4, 0.5) is 0 Å². The molecule has 2 aromatic carbocycles. The molecule has 6 rings (SSSR count). The Balaban J connectivity index is 1.49. The van der Waals surface area contributed by atoms with Crippen molar-refractivity contribution in [3.8, 4) is 0 Å². The summed E-state index contributed by atoms with van der Waals surface area (Å²) in [5, 5.41) is 1.80. The van der Waals surface area contributed by atoms with Crippen molar-refractivity contribution in [2.45, 2.75) is 22.5 Å². The molecule has 0 saturated carbocycles. The van der Waals surface area contributed by atoms with Crippen molar-refractivity contribution in [2.75, 3.05) is 6.54 Å². The molecule has 0 saturated heterocycles. The van der Waals surface area contributed by atoms with Gasteiger partial charge in [-0.2, -0.15) is 0 Å². The van der Waals surface area contributed by atoms with Gasteiger partial charge in [-0.05, 0) is 46.0 Å². The zero-order chi connectivity index (χ0) is 17.7. The summed E-state index contributed by atoms with van der Waals surface area (Å²) >= 11 is 1.26. The fourth-order valence-electron chi connectivity index (χ4n) is 4.66. The van der Waals surface area contributed by atoms with E-state index in [-0.39, 0.29) is 11.8 Å². The van der Waals surface area contributed by atoms with Gasteiger partial charge in [0.25, 0.3) is 0 Å². The van der Waals surface area contributed by atoms with Crippen molar-refractivity contribution in [1.29, 1.82) is 0 Å². The molecule has 3 nitrogen and oxygen atoms in total. The number of rotatable bonds is 4. The number of nitrogens with one attached hydrogen (secondary N) is 1. The first kappa shape index (κ1) is 16.2. The zero-order valence-electron chi connectivity index (χ0n) is 14.1. The van der Waals surface area contributed by atoms with Crippen molar-refractivity contribution in [2.24, 2.45) is 5.92 Å². The Hall–Kier alpha value is -1.95. The van der Waals surface area contributed by atoms with Crippen LogP contribution < -0.4 is 4.72 Å². The van der Waals surface area contributed by atoms with E-state index in [0.29, 0.717) is 16.7 Å². The summed E-state index contributed by atoms with van der Waals surface area (Å²) in [5.74, 6) is 0.904. The predicted octanol–water partition coefficient (Wildman–Crippen LogP) is 4.32. The topological polar surface area (TPSA) is 46.2 Å². The van der Waals surface area contributed by atoms with E-state index in [1.54, 1.807) is 17.5 Å². The second kappa shape index (κ2) is 6.05. The smallest absolute Gasteiger partial charge is 0.210 e. The van der Waals surface area contributed by atoms with Gasteiger partial charge in [0.2, 0.25) is 10.0 Å². The van der Waals surface area contributed by atoms with Gasteiger partial charge in [-0.3, -0.25) is 0 Å². The monoisotopic (exact) mass is 381 g/mol. The van der Waals surface area contributed by atoms with Crippen molar-refractivity contribution in [1.82, 2.24) is 4.72 Å². The lowest BCUT2D eigenvalue weighted by atomic mass is 9.59. The second-order valence-electron chi connectivity index (χ2n) is 7.07. The van der Waals surface area contributed by atoms with Crippen LogP contribution in [0.1, 0.15) is 40.5 Å². The molecule has 1 N–H and O–H groups in total. The summed E-state index contributed by atoms with van der Waals surface area (Å²) in [4.78, 5) is 0. The zero-order valence-corrected chi connectivity index (χ0v) is 15.8. The molecule has 5 heteroatoms. The summed E-state index contributed by atoms with van der Waals surface area (Å²) in [5.41, 5.74) is 5.55. The number of fused-ring (bicyclic) bond motifs is 1. The Kier molecular flexibility index (Phi) is 3.78. The summed E-state index contributed by atoms with van der Waals surface area (Å²) in [6.45, 7) is 0.476. The average molecular weight is 382 g/mol. The van der Waals surface area contributed by atoms with Crippen LogP contribution in [0.2, 0.25) is 0 Å². The maximum absolute atomic E-state index is 12.5. The van der Waals surface area contributed by atoms with E-state index >= 15 is 0 Å². The van der Waals surface area contributed by atoms with E-state index in [2.05, 4.69) is 53.3 Å². The first-order valence-electron chi connectivity index (χ1n) is 8.86. The number of thiophene rings is 1. The van der Waals surface area contributed by atoms with Crippen molar-refractivity contribution in [3.05, 3.63) is 88.3 Å². The molecule has 1 heterocycles. The normalized spacial score (nSPS) is 23.5. The minimum atomic E-state index is -3.42. The van der Waals surface area contributed by atoms with Crippen LogP contribution in [-0.2, 0) is 10.0 Å². The van der Waals surface area contributed by atoms with Gasteiger partial charge in [0.15, 0.2) is 0 Å². The molecule has 1 atom stereocenters. The lowest BCUT2D eigenvalue weighted by Gasteiger charge is -2.45. The molecule has 2 bridgehead atoms. The van der Waals surface area contributed by atoms with Crippen molar-refractivity contribution in [3.63, 3.8) is 0 Å². The Morgan fingerprint density at radius 3 is 2.08 bits per heavy atom. The van der Waals surface area contributed by atoms with Crippen LogP contribution in [-0.4, -0.2) is 15.0 Å². The molecular formula is C21H19NO2S2. The van der Waals surface area contributed by atoms with Gasteiger partial charge in [-0.1, -0.05) is 54.6 Å². The molecule has 132 valence electrons. The number of benzene rings is 2. The third-order valence-electron chi connectivity index (χ3n) is 5.72. The summed E-state index contributed by atoms with van der Waals surface area (Å²) < 4.78 is 28.3. The first-order chi connectivity index (χ1) is 12.6. The molecule has 3 aliphatic carbocycles. The largest absolute Gasteiger partial charge is 0.250 e.